The summed E-state index contributed by atoms with van der Waals surface area (Å²) in [6.07, 6.45) is 0.897. The van der Waals surface area contributed by atoms with Gasteiger partial charge >= 0.3 is 0 Å². The first-order valence-electron chi connectivity index (χ1n) is 7.53. The van der Waals surface area contributed by atoms with Crippen LogP contribution in [0.25, 0.3) is 0 Å². The molecule has 1 rings (SSSR count). The topological polar surface area (TPSA) is 127 Å². The number of nitro groups is 1. The summed E-state index contributed by atoms with van der Waals surface area (Å²) in [5.41, 5.74) is -0.664. The van der Waals surface area contributed by atoms with E-state index in [1.54, 1.807) is 20.8 Å². The molecular weight excluding hydrogens is 350 g/mol. The summed E-state index contributed by atoms with van der Waals surface area (Å²) < 4.78 is 23.4. The number of nitrogens with zero attached hydrogens (tertiary/aromatic N) is 2. The van der Waals surface area contributed by atoms with Crippen LogP contribution in [0.5, 0.6) is 0 Å². The van der Waals surface area contributed by atoms with Crippen molar-refractivity contribution in [2.75, 3.05) is 19.3 Å². The van der Waals surface area contributed by atoms with Gasteiger partial charge < -0.3 is 10.2 Å². The zero-order valence-electron chi connectivity index (χ0n) is 14.5. The smallest absolute Gasteiger partial charge is 0.271 e. The van der Waals surface area contributed by atoms with Gasteiger partial charge in [0.2, 0.25) is 5.91 Å². The third-order valence-corrected chi connectivity index (χ3v) is 4.32. The van der Waals surface area contributed by atoms with Crippen LogP contribution in [0.2, 0.25) is 0 Å². The van der Waals surface area contributed by atoms with Gasteiger partial charge in [-0.3, -0.25) is 19.7 Å². The first-order chi connectivity index (χ1) is 11.5. The average molecular weight is 371 g/mol. The lowest BCUT2D eigenvalue weighted by atomic mass is 10.1. The molecule has 1 aromatic carbocycles. The van der Waals surface area contributed by atoms with E-state index in [9.17, 15) is 28.1 Å². The van der Waals surface area contributed by atoms with Crippen molar-refractivity contribution in [3.05, 3.63) is 33.9 Å². The van der Waals surface area contributed by atoms with Crippen LogP contribution in [-0.2, 0) is 14.6 Å². The number of carbonyl (C=O) groups is 2. The first-order valence-corrected chi connectivity index (χ1v) is 9.43. The molecule has 0 fully saturated rings. The van der Waals surface area contributed by atoms with Crippen molar-refractivity contribution < 1.29 is 22.9 Å². The maximum Gasteiger partial charge on any atom is 0.271 e. The summed E-state index contributed by atoms with van der Waals surface area (Å²) in [7, 11) is -3.74. The van der Waals surface area contributed by atoms with Gasteiger partial charge in [0.15, 0.2) is 9.84 Å². The van der Waals surface area contributed by atoms with Crippen LogP contribution in [0, 0.1) is 10.1 Å². The van der Waals surface area contributed by atoms with Crippen molar-refractivity contribution >= 4 is 27.3 Å². The second-order valence-corrected chi connectivity index (χ2v) is 7.80. The minimum absolute atomic E-state index is 0.101. The van der Waals surface area contributed by atoms with E-state index in [2.05, 4.69) is 5.32 Å². The second-order valence-electron chi connectivity index (χ2n) is 5.79. The largest absolute Gasteiger partial charge is 0.352 e. The minimum atomic E-state index is -3.74. The number of benzene rings is 1. The van der Waals surface area contributed by atoms with E-state index in [4.69, 9.17) is 0 Å². The summed E-state index contributed by atoms with van der Waals surface area (Å²) in [6.45, 7) is 5.14. The Morgan fingerprint density at radius 1 is 1.28 bits per heavy atom. The highest BCUT2D eigenvalue weighted by molar-refractivity contribution is 7.90. The summed E-state index contributed by atoms with van der Waals surface area (Å²) in [6, 6.07) is 2.87. The molecule has 10 heteroatoms. The number of nitro benzene ring substituents is 1. The number of amides is 2. The van der Waals surface area contributed by atoms with Gasteiger partial charge in [-0.25, -0.2) is 8.42 Å². The fourth-order valence-corrected chi connectivity index (χ4v) is 2.75. The maximum absolute atomic E-state index is 12.6. The molecule has 138 valence electrons. The van der Waals surface area contributed by atoms with Crippen LogP contribution in [-0.4, -0.2) is 55.4 Å². The normalized spacial score (nSPS) is 11.2. The summed E-state index contributed by atoms with van der Waals surface area (Å²) >= 11 is 0. The van der Waals surface area contributed by atoms with Gasteiger partial charge in [0.25, 0.3) is 11.6 Å². The fourth-order valence-electron chi connectivity index (χ4n) is 2.08. The lowest BCUT2D eigenvalue weighted by Crippen LogP contribution is -2.42. The molecule has 0 aliphatic carbocycles. The molecule has 0 saturated heterocycles. The standard InChI is InChI=1S/C15H21N3O6S/c1-5-17(9-14(19)16-10(2)3)15(20)11-6-12(18(21)22)8-13(7-11)25(4,23)24/h6-8,10H,5,9H2,1-4H3,(H,16,19). The second kappa shape index (κ2) is 8.06. The van der Waals surface area contributed by atoms with Crippen molar-refractivity contribution in [1.82, 2.24) is 10.2 Å². The third kappa shape index (κ3) is 5.82. The Balaban J connectivity index is 3.23. The Hall–Kier alpha value is -2.49. The van der Waals surface area contributed by atoms with Crippen molar-refractivity contribution in [3.63, 3.8) is 0 Å². The van der Waals surface area contributed by atoms with E-state index in [1.807, 2.05) is 0 Å². The summed E-state index contributed by atoms with van der Waals surface area (Å²) in [5, 5.41) is 13.7. The van der Waals surface area contributed by atoms with Gasteiger partial charge in [-0.05, 0) is 26.8 Å². The van der Waals surface area contributed by atoms with E-state index in [0.29, 0.717) is 0 Å². The molecule has 1 aromatic rings. The Kier molecular flexibility index (Phi) is 6.63. The molecule has 0 aliphatic rings. The molecule has 0 saturated carbocycles. The third-order valence-electron chi connectivity index (χ3n) is 3.23. The number of hydrogen-bond acceptors (Lipinski definition) is 6. The maximum atomic E-state index is 12.6. The Morgan fingerprint density at radius 2 is 1.88 bits per heavy atom. The predicted molar refractivity (Wildman–Crippen MR) is 91.1 cm³/mol. The zero-order chi connectivity index (χ0) is 19.4. The quantitative estimate of drug-likeness (QED) is 0.562. The molecule has 0 heterocycles. The lowest BCUT2D eigenvalue weighted by molar-refractivity contribution is -0.385. The predicted octanol–water partition coefficient (Wildman–Crippen LogP) is 0.985. The van der Waals surface area contributed by atoms with Crippen LogP contribution in [0.3, 0.4) is 0 Å². The van der Waals surface area contributed by atoms with Crippen LogP contribution >= 0.6 is 0 Å². The number of likely N-dealkylation sites (N-methyl/N-ethyl adjacent to an activating group) is 1. The van der Waals surface area contributed by atoms with E-state index < -0.39 is 26.4 Å². The lowest BCUT2D eigenvalue weighted by Gasteiger charge is -2.21. The number of non-ortho nitro benzene ring substituents is 1. The molecule has 0 radical (unpaired) electrons. The van der Waals surface area contributed by atoms with Gasteiger partial charge in [-0.1, -0.05) is 0 Å². The SMILES string of the molecule is CCN(CC(=O)NC(C)C)C(=O)c1cc([N+](=O)[O-])cc(S(C)(=O)=O)c1. The van der Waals surface area contributed by atoms with Gasteiger partial charge in [0, 0.05) is 36.5 Å². The van der Waals surface area contributed by atoms with Crippen LogP contribution in [0.4, 0.5) is 5.69 Å². The molecule has 0 bridgehead atoms. The highest BCUT2D eigenvalue weighted by Gasteiger charge is 2.23. The van der Waals surface area contributed by atoms with E-state index in [0.717, 1.165) is 24.5 Å². The van der Waals surface area contributed by atoms with E-state index >= 15 is 0 Å². The fraction of sp³-hybridized carbons (Fsp3) is 0.467. The molecule has 0 unspecified atom stereocenters. The van der Waals surface area contributed by atoms with Crippen LogP contribution < -0.4 is 5.32 Å². The summed E-state index contributed by atoms with van der Waals surface area (Å²) in [5.74, 6) is -1.03. The zero-order valence-corrected chi connectivity index (χ0v) is 15.3. The highest BCUT2D eigenvalue weighted by atomic mass is 32.2. The van der Waals surface area contributed by atoms with Crippen molar-refractivity contribution in [3.8, 4) is 0 Å². The molecule has 9 nitrogen and oxygen atoms in total. The number of nitrogens with one attached hydrogen (secondary N) is 1. The van der Waals surface area contributed by atoms with E-state index in [-0.39, 0.29) is 35.5 Å². The molecule has 25 heavy (non-hydrogen) atoms. The van der Waals surface area contributed by atoms with E-state index in [1.165, 1.54) is 4.90 Å². The van der Waals surface area contributed by atoms with Gasteiger partial charge in [-0.2, -0.15) is 0 Å². The first kappa shape index (κ1) is 20.6. The molecule has 0 aliphatic heterocycles. The average Bonchev–Trinajstić information content (AvgIpc) is 2.49. The molecule has 0 spiro atoms. The van der Waals surface area contributed by atoms with Crippen LogP contribution in [0.15, 0.2) is 23.1 Å². The number of rotatable bonds is 7. The monoisotopic (exact) mass is 371 g/mol. The Morgan fingerprint density at radius 3 is 2.32 bits per heavy atom. The number of hydrogen-bond donors (Lipinski definition) is 1. The highest BCUT2D eigenvalue weighted by Crippen LogP contribution is 2.22. The summed E-state index contributed by atoms with van der Waals surface area (Å²) in [4.78, 5) is 35.5. The molecular formula is C15H21N3O6S. The number of carbonyl (C=O) groups excluding carboxylic acids is 2. The molecule has 0 aromatic heterocycles. The van der Waals surface area contributed by atoms with Crippen molar-refractivity contribution in [2.45, 2.75) is 31.7 Å². The van der Waals surface area contributed by atoms with Gasteiger partial charge in [0.1, 0.15) is 0 Å². The Bertz CT molecular complexity index is 788. The van der Waals surface area contributed by atoms with Gasteiger partial charge in [-0.15, -0.1) is 0 Å². The molecule has 1 N–H and O–H groups in total. The Labute approximate surface area is 146 Å². The number of sulfone groups is 1. The van der Waals surface area contributed by atoms with Crippen molar-refractivity contribution in [1.29, 1.82) is 0 Å². The minimum Gasteiger partial charge on any atom is -0.352 e. The molecule has 0 atom stereocenters. The van der Waals surface area contributed by atoms with Crippen LogP contribution in [0.1, 0.15) is 31.1 Å². The molecule has 2 amide bonds. The van der Waals surface area contributed by atoms with Crippen molar-refractivity contribution in [2.24, 2.45) is 0 Å². The van der Waals surface area contributed by atoms with Gasteiger partial charge in [0.05, 0.1) is 16.4 Å².